The van der Waals surface area contributed by atoms with E-state index in [1.807, 2.05) is 0 Å². The normalized spacial score (nSPS) is 12.6. The van der Waals surface area contributed by atoms with Gasteiger partial charge in [-0.2, -0.15) is 5.10 Å². The lowest BCUT2D eigenvalue weighted by atomic mass is 10.2. The van der Waals surface area contributed by atoms with Crippen molar-refractivity contribution in [2.24, 2.45) is 5.10 Å². The van der Waals surface area contributed by atoms with Crippen molar-refractivity contribution >= 4 is 18.1 Å². The predicted octanol–water partition coefficient (Wildman–Crippen LogP) is 1.69. The van der Waals surface area contributed by atoms with Crippen molar-refractivity contribution in [2.45, 2.75) is 0 Å². The number of hydrazone groups is 1. The second-order valence-electron chi connectivity index (χ2n) is 5.28. The number of hydrogen-bond acceptors (Lipinski definition) is 6. The molecule has 0 aromatic heterocycles. The number of aliphatic carboxylic acids is 1. The summed E-state index contributed by atoms with van der Waals surface area (Å²) in [6.07, 6.45) is 1.38. The lowest BCUT2D eigenvalue weighted by Crippen LogP contribution is -2.19. The molecule has 0 bridgehead atoms. The number of nitrogens with zero attached hydrogens (tertiary/aromatic N) is 1. The summed E-state index contributed by atoms with van der Waals surface area (Å²) in [5.41, 5.74) is 3.32. The van der Waals surface area contributed by atoms with E-state index < -0.39 is 18.5 Å². The molecule has 1 aliphatic rings. The number of benzene rings is 2. The van der Waals surface area contributed by atoms with E-state index in [0.29, 0.717) is 41.6 Å². The Balaban J connectivity index is 1.65. The van der Waals surface area contributed by atoms with Crippen molar-refractivity contribution in [1.82, 2.24) is 5.43 Å². The second kappa shape index (κ2) is 8.02. The summed E-state index contributed by atoms with van der Waals surface area (Å²) in [5.74, 6) is -0.0286. The molecule has 0 fully saturated rings. The topological polar surface area (TPSA) is 106 Å². The van der Waals surface area contributed by atoms with Gasteiger partial charge in [-0.05, 0) is 30.3 Å². The Hall–Kier alpha value is -3.55. The van der Waals surface area contributed by atoms with Crippen LogP contribution in [0.1, 0.15) is 15.9 Å². The van der Waals surface area contributed by atoms with Crippen LogP contribution in [0.5, 0.6) is 17.2 Å². The molecule has 0 saturated carbocycles. The third-order valence-electron chi connectivity index (χ3n) is 3.44. The number of carbonyl (C=O) groups is 2. The van der Waals surface area contributed by atoms with Crippen LogP contribution in [0.25, 0.3) is 0 Å². The fraction of sp³-hybridized carbons (Fsp3) is 0.167. The van der Waals surface area contributed by atoms with Crippen LogP contribution in [0, 0.1) is 0 Å². The number of para-hydroxylation sites is 1. The zero-order chi connectivity index (χ0) is 18.4. The van der Waals surface area contributed by atoms with Gasteiger partial charge in [-0.1, -0.05) is 12.1 Å². The van der Waals surface area contributed by atoms with Gasteiger partial charge in [0.05, 0.1) is 6.21 Å². The first-order valence-electron chi connectivity index (χ1n) is 7.80. The maximum absolute atomic E-state index is 12.2. The molecule has 134 valence electrons. The number of nitrogens with one attached hydrogen (secondary N) is 1. The molecule has 0 radical (unpaired) electrons. The van der Waals surface area contributed by atoms with Crippen molar-refractivity contribution in [3.63, 3.8) is 0 Å². The number of carboxylic acid groups (broad SMARTS) is 1. The molecule has 26 heavy (non-hydrogen) atoms. The summed E-state index contributed by atoms with van der Waals surface area (Å²) >= 11 is 0. The minimum absolute atomic E-state index is 0.354. The quantitative estimate of drug-likeness (QED) is 0.602. The predicted molar refractivity (Wildman–Crippen MR) is 92.1 cm³/mol. The Morgan fingerprint density at radius 3 is 2.73 bits per heavy atom. The lowest BCUT2D eigenvalue weighted by molar-refractivity contribution is -0.139. The van der Waals surface area contributed by atoms with Gasteiger partial charge in [-0.25, -0.2) is 10.2 Å². The summed E-state index contributed by atoms with van der Waals surface area (Å²) in [6, 6.07) is 11.6. The highest BCUT2D eigenvalue weighted by molar-refractivity contribution is 5.95. The zero-order valence-corrected chi connectivity index (χ0v) is 13.7. The third kappa shape index (κ3) is 4.29. The molecule has 3 rings (SSSR count). The molecular weight excluding hydrogens is 340 g/mol. The molecule has 0 unspecified atom stereocenters. The molecule has 1 amide bonds. The Kier molecular flexibility index (Phi) is 5.33. The first-order chi connectivity index (χ1) is 12.6. The number of amides is 1. The highest BCUT2D eigenvalue weighted by atomic mass is 16.6. The molecule has 0 saturated heterocycles. The Morgan fingerprint density at radius 1 is 1.15 bits per heavy atom. The molecule has 0 spiro atoms. The van der Waals surface area contributed by atoms with E-state index in [1.165, 1.54) is 6.21 Å². The summed E-state index contributed by atoms with van der Waals surface area (Å²) in [7, 11) is 0. The SMILES string of the molecule is O=C(O)COc1ccccc1/C=N\NC(=O)c1ccc2c(c1)OCCO2. The van der Waals surface area contributed by atoms with E-state index in [2.05, 4.69) is 10.5 Å². The van der Waals surface area contributed by atoms with Crippen LogP contribution in [0.3, 0.4) is 0 Å². The number of carboxylic acids is 1. The van der Waals surface area contributed by atoms with Gasteiger partial charge in [0.2, 0.25) is 0 Å². The van der Waals surface area contributed by atoms with Gasteiger partial charge in [-0.3, -0.25) is 4.79 Å². The van der Waals surface area contributed by atoms with E-state index >= 15 is 0 Å². The minimum Gasteiger partial charge on any atom is -0.486 e. The number of rotatable bonds is 6. The molecular formula is C18H16N2O6. The monoisotopic (exact) mass is 356 g/mol. The number of fused-ring (bicyclic) bond motifs is 1. The fourth-order valence-electron chi connectivity index (χ4n) is 2.27. The lowest BCUT2D eigenvalue weighted by Gasteiger charge is -2.18. The van der Waals surface area contributed by atoms with Crippen LogP contribution in [-0.2, 0) is 4.79 Å². The van der Waals surface area contributed by atoms with Gasteiger partial charge in [0.25, 0.3) is 5.91 Å². The van der Waals surface area contributed by atoms with Crippen LogP contribution in [0.4, 0.5) is 0 Å². The molecule has 8 heteroatoms. The van der Waals surface area contributed by atoms with Crippen LogP contribution in [-0.4, -0.2) is 43.0 Å². The van der Waals surface area contributed by atoms with Crippen LogP contribution in [0.15, 0.2) is 47.6 Å². The summed E-state index contributed by atoms with van der Waals surface area (Å²) < 4.78 is 16.0. The van der Waals surface area contributed by atoms with Gasteiger partial charge < -0.3 is 19.3 Å². The van der Waals surface area contributed by atoms with E-state index in [-0.39, 0.29) is 0 Å². The smallest absolute Gasteiger partial charge is 0.341 e. The maximum atomic E-state index is 12.2. The zero-order valence-electron chi connectivity index (χ0n) is 13.7. The first kappa shape index (κ1) is 17.3. The van der Waals surface area contributed by atoms with Crippen LogP contribution in [0.2, 0.25) is 0 Å². The summed E-state index contributed by atoms with van der Waals surface area (Å²) in [5, 5.41) is 12.6. The van der Waals surface area contributed by atoms with E-state index in [0.717, 1.165) is 0 Å². The van der Waals surface area contributed by atoms with Gasteiger partial charge in [0.1, 0.15) is 19.0 Å². The number of carbonyl (C=O) groups excluding carboxylic acids is 1. The molecule has 8 nitrogen and oxygen atoms in total. The van der Waals surface area contributed by atoms with Gasteiger partial charge in [-0.15, -0.1) is 0 Å². The molecule has 0 aliphatic carbocycles. The van der Waals surface area contributed by atoms with Crippen molar-refractivity contribution < 1.29 is 28.9 Å². The standard InChI is InChI=1S/C18H16N2O6/c21-17(22)11-26-14-4-2-1-3-13(14)10-19-20-18(23)12-5-6-15-16(9-12)25-8-7-24-15/h1-6,9-10H,7-8,11H2,(H,20,23)(H,21,22)/b19-10-. The van der Waals surface area contributed by atoms with E-state index in [9.17, 15) is 9.59 Å². The Labute approximate surface area is 149 Å². The van der Waals surface area contributed by atoms with Gasteiger partial charge in [0, 0.05) is 11.1 Å². The van der Waals surface area contributed by atoms with E-state index in [1.54, 1.807) is 42.5 Å². The maximum Gasteiger partial charge on any atom is 0.341 e. The van der Waals surface area contributed by atoms with Crippen LogP contribution < -0.4 is 19.6 Å². The molecule has 2 N–H and O–H groups in total. The summed E-state index contributed by atoms with van der Waals surface area (Å²) in [6.45, 7) is 0.448. The van der Waals surface area contributed by atoms with Gasteiger partial charge in [0.15, 0.2) is 18.1 Å². The fourth-order valence-corrected chi connectivity index (χ4v) is 2.27. The Morgan fingerprint density at radius 2 is 1.92 bits per heavy atom. The first-order valence-corrected chi connectivity index (χ1v) is 7.80. The highest BCUT2D eigenvalue weighted by Crippen LogP contribution is 2.30. The van der Waals surface area contributed by atoms with Crippen molar-refractivity contribution in [3.8, 4) is 17.2 Å². The molecule has 2 aromatic carbocycles. The van der Waals surface area contributed by atoms with Crippen molar-refractivity contribution in [1.29, 1.82) is 0 Å². The largest absolute Gasteiger partial charge is 0.486 e. The van der Waals surface area contributed by atoms with E-state index in [4.69, 9.17) is 19.3 Å². The van der Waals surface area contributed by atoms with Crippen LogP contribution >= 0.6 is 0 Å². The third-order valence-corrected chi connectivity index (χ3v) is 3.44. The highest BCUT2D eigenvalue weighted by Gasteiger charge is 2.14. The number of hydrogen-bond donors (Lipinski definition) is 2. The van der Waals surface area contributed by atoms with Crippen molar-refractivity contribution in [2.75, 3.05) is 19.8 Å². The summed E-state index contributed by atoms with van der Waals surface area (Å²) in [4.78, 5) is 22.8. The average molecular weight is 356 g/mol. The Bertz CT molecular complexity index is 849. The van der Waals surface area contributed by atoms with Gasteiger partial charge >= 0.3 is 5.97 Å². The number of ether oxygens (including phenoxy) is 3. The molecule has 2 aromatic rings. The molecule has 1 aliphatic heterocycles. The molecule has 1 heterocycles. The minimum atomic E-state index is -1.08. The average Bonchev–Trinajstić information content (AvgIpc) is 2.66. The molecule has 0 atom stereocenters. The van der Waals surface area contributed by atoms with Crippen molar-refractivity contribution in [3.05, 3.63) is 53.6 Å². The second-order valence-corrected chi connectivity index (χ2v) is 5.28.